The van der Waals surface area contributed by atoms with E-state index in [4.69, 9.17) is 24.5 Å². The third kappa shape index (κ3) is 12.1. The Morgan fingerprint density at radius 2 is 1.67 bits per heavy atom. The van der Waals surface area contributed by atoms with Crippen molar-refractivity contribution in [1.29, 1.82) is 0 Å². The number of benzene rings is 3. The largest absolute Gasteiger partial charge is 0.507 e. The van der Waals surface area contributed by atoms with E-state index >= 15 is 0 Å². The summed E-state index contributed by atoms with van der Waals surface area (Å²) in [6, 6.07) is 24.5. The number of nitrogen functional groups attached to an aromatic ring is 1. The van der Waals surface area contributed by atoms with Gasteiger partial charge in [-0.2, -0.15) is 0 Å². The van der Waals surface area contributed by atoms with E-state index in [0.717, 1.165) is 53.2 Å². The second-order valence-corrected chi connectivity index (χ2v) is 20.3. The van der Waals surface area contributed by atoms with Crippen LogP contribution < -0.4 is 20.5 Å². The summed E-state index contributed by atoms with van der Waals surface area (Å²) in [6.45, 7) is 11.9. The van der Waals surface area contributed by atoms with Gasteiger partial charge in [0, 0.05) is 75.4 Å². The number of aryl methyl sites for hydroxylation is 1. The first kappa shape index (κ1) is 51.0. The molecule has 19 heteroatoms. The van der Waals surface area contributed by atoms with E-state index < -0.39 is 18.1 Å². The molecule has 3 aromatic carbocycles. The lowest BCUT2D eigenvalue weighted by molar-refractivity contribution is -0.141. The van der Waals surface area contributed by atoms with Crippen LogP contribution in [0, 0.1) is 12.8 Å². The third-order valence-electron chi connectivity index (χ3n) is 13.9. The Morgan fingerprint density at radius 1 is 0.918 bits per heavy atom. The van der Waals surface area contributed by atoms with Gasteiger partial charge in [0.05, 0.1) is 47.0 Å². The van der Waals surface area contributed by atoms with E-state index in [2.05, 4.69) is 30.6 Å². The maximum atomic E-state index is 14.2. The fourth-order valence-electron chi connectivity index (χ4n) is 9.71. The molecule has 6 aromatic rings. The van der Waals surface area contributed by atoms with Gasteiger partial charge in [-0.3, -0.25) is 19.3 Å². The molecule has 0 saturated carbocycles. The summed E-state index contributed by atoms with van der Waals surface area (Å²) in [4.78, 5) is 52.2. The molecule has 5 N–H and O–H groups in total. The van der Waals surface area contributed by atoms with E-state index in [0.29, 0.717) is 67.6 Å². The van der Waals surface area contributed by atoms with Gasteiger partial charge in [-0.1, -0.05) is 62.4 Å². The lowest BCUT2D eigenvalue weighted by Crippen LogP contribution is -2.56. The van der Waals surface area contributed by atoms with Gasteiger partial charge in [0.15, 0.2) is 17.3 Å². The number of nitrogens with one attached hydrogen (secondary N) is 1. The minimum absolute atomic E-state index is 0.000358. The number of aromatic hydroxyl groups is 1. The number of aromatic nitrogens is 4. The fourth-order valence-corrected chi connectivity index (χ4v) is 10.5. The van der Waals surface area contributed by atoms with Gasteiger partial charge in [-0.05, 0) is 78.7 Å². The normalized spacial score (nSPS) is 18.4. The van der Waals surface area contributed by atoms with Crippen LogP contribution in [0.4, 0.5) is 5.82 Å². The number of likely N-dealkylation sites (tertiary alicyclic amines) is 3. The van der Waals surface area contributed by atoms with E-state index in [9.17, 15) is 24.6 Å². The molecule has 73 heavy (non-hydrogen) atoms. The van der Waals surface area contributed by atoms with Crippen LogP contribution in [-0.2, 0) is 20.7 Å². The monoisotopic (exact) mass is 1010 g/mol. The zero-order valence-electron chi connectivity index (χ0n) is 41.6. The Balaban J connectivity index is 0.672. The number of thiazole rings is 1. The molecule has 0 spiro atoms. The van der Waals surface area contributed by atoms with Gasteiger partial charge in [0.2, 0.25) is 11.8 Å². The molecule has 4 atom stereocenters. The lowest BCUT2D eigenvalue weighted by Gasteiger charge is -2.42. The summed E-state index contributed by atoms with van der Waals surface area (Å²) >= 11 is 1.59. The number of anilines is 1. The van der Waals surface area contributed by atoms with Gasteiger partial charge in [-0.15, -0.1) is 21.5 Å². The molecule has 0 unspecified atom stereocenters. The van der Waals surface area contributed by atoms with Crippen molar-refractivity contribution in [3.63, 3.8) is 0 Å². The number of ether oxygens (including phenoxy) is 3. The summed E-state index contributed by atoms with van der Waals surface area (Å²) < 4.78 is 24.0. The first-order valence-electron chi connectivity index (χ1n) is 25.0. The van der Waals surface area contributed by atoms with Crippen LogP contribution in [0.5, 0.6) is 17.4 Å². The summed E-state index contributed by atoms with van der Waals surface area (Å²) in [6.07, 6.45) is 1.74. The SMILES string of the molecule is Cc1ncsc1-c1ccc([C@H](C)NC(=O)[C@@H]2C[C@@H](O)CN2C(=O)[C@@H](c2cc(OCCN3CCC(OC4CN(C(=O)c5ccc(CCOc6cc(-c7ccccc7O)nnc6N)cc5)C4)CC3)no2)C(C)C)cc1. The maximum Gasteiger partial charge on any atom is 0.254 e. The number of aliphatic hydroxyl groups is 1. The van der Waals surface area contributed by atoms with Crippen molar-refractivity contribution in [2.75, 3.05) is 58.2 Å². The Bertz CT molecular complexity index is 2840. The average molecular weight is 1010 g/mol. The van der Waals surface area contributed by atoms with Crippen LogP contribution in [0.3, 0.4) is 0 Å². The van der Waals surface area contributed by atoms with Crippen molar-refractivity contribution >= 4 is 34.9 Å². The maximum absolute atomic E-state index is 14.2. The number of nitrogens with two attached hydrogens (primary N) is 1. The molecular weight excluding hydrogens is 951 g/mol. The number of amides is 3. The highest BCUT2D eigenvalue weighted by molar-refractivity contribution is 7.13. The molecule has 9 rings (SSSR count). The number of carbonyl (C=O) groups is 3. The van der Waals surface area contributed by atoms with Crippen LogP contribution in [0.15, 0.2) is 95.0 Å². The van der Waals surface area contributed by atoms with Gasteiger partial charge < -0.3 is 49.8 Å². The van der Waals surface area contributed by atoms with Gasteiger partial charge in [-0.25, -0.2) is 4.98 Å². The van der Waals surface area contributed by atoms with Crippen molar-refractivity contribution in [2.45, 2.75) is 89.7 Å². The number of phenolic OH excluding ortho intramolecular Hbond substituents is 1. The molecule has 3 aliphatic heterocycles. The molecule has 3 fully saturated rings. The highest BCUT2D eigenvalue weighted by atomic mass is 32.1. The molecule has 0 bridgehead atoms. The number of phenols is 1. The predicted molar refractivity (Wildman–Crippen MR) is 274 cm³/mol. The van der Waals surface area contributed by atoms with Gasteiger partial charge in [0.25, 0.3) is 11.8 Å². The average Bonchev–Trinajstić information content (AvgIpc) is 4.13. The fraction of sp³-hybridized carbons (Fsp3) is 0.426. The second kappa shape index (κ2) is 22.9. The first-order valence-corrected chi connectivity index (χ1v) is 25.8. The minimum Gasteiger partial charge on any atom is -0.507 e. The van der Waals surface area contributed by atoms with Crippen LogP contribution in [0.2, 0.25) is 0 Å². The predicted octanol–water partition coefficient (Wildman–Crippen LogP) is 6.44. The molecule has 3 aliphatic rings. The highest BCUT2D eigenvalue weighted by Gasteiger charge is 2.44. The molecule has 0 radical (unpaired) electrons. The molecule has 3 saturated heterocycles. The second-order valence-electron chi connectivity index (χ2n) is 19.5. The zero-order chi connectivity index (χ0) is 51.2. The smallest absolute Gasteiger partial charge is 0.254 e. The van der Waals surface area contributed by atoms with Crippen LogP contribution in [0.1, 0.15) is 84.9 Å². The standard InChI is InChI=1S/C54H63N9O9S/c1-32(2)49(54(68)63-28-39(64)25-44(63)52(66)57-33(3)36-13-15-37(16-14-36)50-34(4)56-31-73-50)46-27-48(60-72-46)70-24-22-61-20-17-40(18-21-61)71-41-29-62(30-41)53(67)38-11-9-35(10-12-38)19-23-69-47-26-43(58-59-51(47)55)42-7-5-6-8-45(42)65/h5-16,26-27,31-33,39-41,44,49,64-65H,17-25,28-30H2,1-4H3,(H2,55,59)(H,57,66)/t33-,39+,44-,49+/m0/s1. The zero-order valence-corrected chi connectivity index (χ0v) is 42.4. The third-order valence-corrected chi connectivity index (χ3v) is 14.9. The number of hydrogen-bond donors (Lipinski definition) is 4. The topological polar surface area (TPSA) is 232 Å². The summed E-state index contributed by atoms with van der Waals surface area (Å²) in [5.41, 5.74) is 13.4. The molecule has 3 aromatic heterocycles. The highest BCUT2D eigenvalue weighted by Crippen LogP contribution is 2.34. The summed E-state index contributed by atoms with van der Waals surface area (Å²) in [5.74, 6) is -0.326. The van der Waals surface area contributed by atoms with Crippen LogP contribution in [0.25, 0.3) is 21.7 Å². The first-order chi connectivity index (χ1) is 35.3. The minimum atomic E-state index is -0.839. The molecule has 384 valence electrons. The Morgan fingerprint density at radius 3 is 2.38 bits per heavy atom. The molecule has 18 nitrogen and oxygen atoms in total. The van der Waals surface area contributed by atoms with Crippen molar-refractivity contribution in [3.05, 3.63) is 119 Å². The van der Waals surface area contributed by atoms with E-state index in [-0.39, 0.29) is 72.3 Å². The van der Waals surface area contributed by atoms with Crippen molar-refractivity contribution in [3.8, 4) is 39.1 Å². The van der Waals surface area contributed by atoms with Crippen LogP contribution >= 0.6 is 11.3 Å². The number of β-amino-alcohol motifs (C(OH)–C–C–N with tert-alkyl or cyclic N) is 1. The molecule has 6 heterocycles. The number of rotatable bonds is 19. The molecule has 0 aliphatic carbocycles. The van der Waals surface area contributed by atoms with Crippen molar-refractivity contribution in [1.82, 2.24) is 40.4 Å². The quantitative estimate of drug-likeness (QED) is 0.0684. The molecule has 3 amide bonds. The molecular formula is C54H63N9O9S. The van der Waals surface area contributed by atoms with Gasteiger partial charge >= 0.3 is 0 Å². The number of nitrogens with zero attached hydrogens (tertiary/aromatic N) is 7. The number of carbonyl (C=O) groups excluding carboxylic acids is 3. The Labute approximate surface area is 428 Å². The van der Waals surface area contributed by atoms with Crippen LogP contribution in [-0.4, -0.2) is 140 Å². The number of piperidine rings is 1. The van der Waals surface area contributed by atoms with Crippen molar-refractivity contribution in [2.24, 2.45) is 5.92 Å². The number of aliphatic hydroxyl groups excluding tert-OH is 1. The van der Waals surface area contributed by atoms with Gasteiger partial charge in [0.1, 0.15) is 30.0 Å². The van der Waals surface area contributed by atoms with E-state index in [1.165, 1.54) is 4.90 Å². The van der Waals surface area contributed by atoms with E-state index in [1.54, 1.807) is 47.7 Å². The lowest BCUT2D eigenvalue weighted by atomic mass is 9.91. The van der Waals surface area contributed by atoms with E-state index in [1.807, 2.05) is 86.6 Å². The summed E-state index contributed by atoms with van der Waals surface area (Å²) in [7, 11) is 0. The van der Waals surface area contributed by atoms with Crippen molar-refractivity contribution < 1.29 is 43.3 Å². The number of para-hydroxylation sites is 1. The Hall–Kier alpha value is -6.93. The Kier molecular flexibility index (Phi) is 16.0. The summed E-state index contributed by atoms with van der Waals surface area (Å²) in [5, 5.41) is 36.2. The number of hydrogen-bond acceptors (Lipinski definition) is 16.